The number of nitrogens with zero attached hydrogens (tertiary/aromatic N) is 4. The largest absolute Gasteiger partial charge is 0.309 e. The van der Waals surface area contributed by atoms with Crippen LogP contribution in [0.4, 0.5) is 0 Å². The maximum atomic E-state index is 10.8. The number of para-hydroxylation sites is 2. The number of nitriles is 2. The third-order valence-electron chi connectivity index (χ3n) is 10.2. The van der Waals surface area contributed by atoms with Gasteiger partial charge in [0.15, 0.2) is 0 Å². The van der Waals surface area contributed by atoms with Crippen molar-refractivity contribution in [2.45, 2.75) is 0 Å². The van der Waals surface area contributed by atoms with Crippen LogP contribution in [0.25, 0.3) is 95.3 Å². The lowest BCUT2D eigenvalue weighted by atomic mass is 10.1. The van der Waals surface area contributed by atoms with E-state index in [1.54, 1.807) is 11.3 Å². The zero-order valence-corrected chi connectivity index (χ0v) is 27.9. The summed E-state index contributed by atoms with van der Waals surface area (Å²) in [6.45, 7) is 0. The quantitative estimate of drug-likeness (QED) is 0.184. The van der Waals surface area contributed by atoms with E-state index in [4.69, 9.17) is 0 Å². The Morgan fingerprint density at radius 3 is 1.38 bits per heavy atom. The van der Waals surface area contributed by atoms with Crippen LogP contribution in [0, 0.1) is 22.7 Å². The highest BCUT2D eigenvalue weighted by atomic mass is 32.1. The Balaban J connectivity index is 1.23. The van der Waals surface area contributed by atoms with Gasteiger partial charge in [0.2, 0.25) is 0 Å². The van der Waals surface area contributed by atoms with E-state index in [1.807, 2.05) is 29.5 Å². The molecule has 6 heteroatoms. The molecule has 7 aromatic carbocycles. The van der Waals surface area contributed by atoms with Crippen molar-refractivity contribution < 1.29 is 0 Å². The summed E-state index contributed by atoms with van der Waals surface area (Å²) in [5, 5.41) is 31.2. The lowest BCUT2D eigenvalue weighted by molar-refractivity contribution is 1.12. The second kappa shape index (κ2) is 10.0. The minimum absolute atomic E-state index is 0.451. The van der Waals surface area contributed by atoms with Gasteiger partial charge in [0.25, 0.3) is 0 Å². The highest BCUT2D eigenvalue weighted by molar-refractivity contribution is 7.27. The van der Waals surface area contributed by atoms with Gasteiger partial charge in [-0.25, -0.2) is 0 Å². The Bertz CT molecular complexity index is 3320. The Morgan fingerprint density at radius 2 is 0.860 bits per heavy atom. The number of thiophene rings is 2. The molecule has 4 aromatic heterocycles. The molecular formula is C44H22N4S2. The standard InChI is InChI=1S/C44H22N4S2/c45-23-25-21-27(47-34-13-5-1-11-32(34)40-36(47)19-17-30-28-9-3-7-15-38(28)49-43(30)40)22-26(24-46)42(25)48-35-14-6-2-12-33(35)41-37(48)20-18-31-29-10-4-8-16-39(29)50-44(31)41/h1-22H. The number of hydrogen-bond acceptors (Lipinski definition) is 4. The van der Waals surface area contributed by atoms with E-state index in [0.29, 0.717) is 16.8 Å². The van der Waals surface area contributed by atoms with Crippen LogP contribution in [0.3, 0.4) is 0 Å². The fourth-order valence-corrected chi connectivity index (χ4v) is 10.7. The highest BCUT2D eigenvalue weighted by Crippen LogP contribution is 2.46. The van der Waals surface area contributed by atoms with Crippen molar-refractivity contribution in [1.82, 2.24) is 9.13 Å². The van der Waals surface area contributed by atoms with Gasteiger partial charge in [0, 0.05) is 67.6 Å². The summed E-state index contributed by atoms with van der Waals surface area (Å²) in [6.07, 6.45) is 0. The lowest BCUT2D eigenvalue weighted by Gasteiger charge is -2.15. The summed E-state index contributed by atoms with van der Waals surface area (Å²) in [7, 11) is 0. The summed E-state index contributed by atoms with van der Waals surface area (Å²) < 4.78 is 9.30. The minimum atomic E-state index is 0.451. The summed E-state index contributed by atoms with van der Waals surface area (Å²) in [4.78, 5) is 0. The van der Waals surface area contributed by atoms with Crippen molar-refractivity contribution in [3.05, 3.63) is 145 Å². The molecule has 0 fully saturated rings. The lowest BCUT2D eigenvalue weighted by Crippen LogP contribution is -2.04. The van der Waals surface area contributed by atoms with Crippen LogP contribution in [0.15, 0.2) is 133 Å². The number of benzene rings is 7. The van der Waals surface area contributed by atoms with Crippen LogP contribution < -0.4 is 0 Å². The van der Waals surface area contributed by atoms with Crippen molar-refractivity contribution in [3.63, 3.8) is 0 Å². The van der Waals surface area contributed by atoms with Crippen LogP contribution in [0.5, 0.6) is 0 Å². The average Bonchev–Trinajstić information content (AvgIpc) is 3.91. The smallest absolute Gasteiger partial charge is 0.101 e. The minimum Gasteiger partial charge on any atom is -0.309 e. The first-order chi connectivity index (χ1) is 24.7. The van der Waals surface area contributed by atoms with Crippen LogP contribution in [0.2, 0.25) is 0 Å². The zero-order chi connectivity index (χ0) is 33.1. The number of rotatable bonds is 2. The van der Waals surface area contributed by atoms with Crippen molar-refractivity contribution in [3.8, 4) is 23.5 Å². The van der Waals surface area contributed by atoms with Crippen molar-refractivity contribution >= 4 is 107 Å². The molecule has 0 saturated carbocycles. The van der Waals surface area contributed by atoms with Gasteiger partial charge in [-0.1, -0.05) is 84.9 Å². The van der Waals surface area contributed by atoms with E-state index >= 15 is 0 Å². The molecule has 0 aliphatic carbocycles. The van der Waals surface area contributed by atoms with Gasteiger partial charge in [0.1, 0.15) is 12.1 Å². The Morgan fingerprint density at radius 1 is 0.420 bits per heavy atom. The van der Waals surface area contributed by atoms with Crippen molar-refractivity contribution in [2.75, 3.05) is 0 Å². The van der Waals surface area contributed by atoms with Crippen LogP contribution in [-0.4, -0.2) is 9.13 Å². The fraction of sp³-hybridized carbons (Fsp3) is 0. The molecular weight excluding hydrogens is 649 g/mol. The Labute approximate surface area is 293 Å². The van der Waals surface area contributed by atoms with E-state index in [2.05, 4.69) is 137 Å². The molecule has 4 heterocycles. The van der Waals surface area contributed by atoms with Gasteiger partial charge in [-0.2, -0.15) is 10.5 Å². The number of fused-ring (bicyclic) bond motifs is 14. The van der Waals surface area contributed by atoms with Crippen LogP contribution in [-0.2, 0) is 0 Å². The van der Waals surface area contributed by atoms with Crippen molar-refractivity contribution in [1.29, 1.82) is 10.5 Å². The predicted molar refractivity (Wildman–Crippen MR) is 210 cm³/mol. The maximum Gasteiger partial charge on any atom is 0.101 e. The molecule has 4 nitrogen and oxygen atoms in total. The van der Waals surface area contributed by atoms with Crippen LogP contribution >= 0.6 is 22.7 Å². The highest BCUT2D eigenvalue weighted by Gasteiger charge is 2.24. The first-order valence-corrected chi connectivity index (χ1v) is 18.0. The maximum absolute atomic E-state index is 10.8. The molecule has 0 amide bonds. The van der Waals surface area contributed by atoms with E-state index < -0.39 is 0 Å². The number of hydrogen-bond donors (Lipinski definition) is 0. The van der Waals surface area contributed by atoms with Gasteiger partial charge in [-0.05, 0) is 48.5 Å². The van der Waals surface area contributed by atoms with E-state index in [1.165, 1.54) is 45.7 Å². The second-order valence-electron chi connectivity index (χ2n) is 12.7. The Kier molecular flexibility index (Phi) is 5.52. The molecule has 230 valence electrons. The van der Waals surface area contributed by atoms with Crippen LogP contribution in [0.1, 0.15) is 11.1 Å². The van der Waals surface area contributed by atoms with E-state index in [9.17, 15) is 10.5 Å². The molecule has 0 saturated heterocycles. The SMILES string of the molecule is N#Cc1cc(-n2c3ccccc3c3c4sc5ccccc5c4ccc32)cc(C#N)c1-n1c2ccccc2c2c3sc4ccccc4c3ccc21. The first-order valence-electron chi connectivity index (χ1n) is 16.4. The van der Waals surface area contributed by atoms with Gasteiger partial charge < -0.3 is 9.13 Å². The topological polar surface area (TPSA) is 57.4 Å². The van der Waals surface area contributed by atoms with Gasteiger partial charge in [0.05, 0.1) is 38.9 Å². The second-order valence-corrected chi connectivity index (χ2v) is 14.8. The van der Waals surface area contributed by atoms with E-state index in [-0.39, 0.29) is 0 Å². The van der Waals surface area contributed by atoms with Gasteiger partial charge in [-0.3, -0.25) is 0 Å². The summed E-state index contributed by atoms with van der Waals surface area (Å²) >= 11 is 3.61. The summed E-state index contributed by atoms with van der Waals surface area (Å²) in [5.41, 5.74) is 6.34. The summed E-state index contributed by atoms with van der Waals surface area (Å²) in [5.74, 6) is 0. The molecule has 0 bridgehead atoms. The fourth-order valence-electron chi connectivity index (χ4n) is 8.15. The van der Waals surface area contributed by atoms with E-state index in [0.717, 1.165) is 43.9 Å². The monoisotopic (exact) mass is 670 g/mol. The molecule has 0 N–H and O–H groups in total. The molecule has 50 heavy (non-hydrogen) atoms. The molecule has 11 rings (SSSR count). The molecule has 0 radical (unpaired) electrons. The average molecular weight is 671 g/mol. The number of aromatic nitrogens is 2. The molecule has 0 aliphatic heterocycles. The zero-order valence-electron chi connectivity index (χ0n) is 26.3. The molecule has 0 spiro atoms. The molecule has 11 aromatic rings. The predicted octanol–water partition coefficient (Wildman–Crippen LogP) is 12.4. The molecule has 0 atom stereocenters. The first kappa shape index (κ1) is 27.5. The third kappa shape index (κ3) is 3.51. The molecule has 0 aliphatic rings. The third-order valence-corrected chi connectivity index (χ3v) is 12.6. The summed E-state index contributed by atoms with van der Waals surface area (Å²) in [6, 6.07) is 51.5. The molecule has 0 unspecified atom stereocenters. The van der Waals surface area contributed by atoms with Crippen molar-refractivity contribution in [2.24, 2.45) is 0 Å². The van der Waals surface area contributed by atoms with Gasteiger partial charge >= 0.3 is 0 Å². The Hall–Kier alpha value is -6.44. The van der Waals surface area contributed by atoms with Gasteiger partial charge in [-0.15, -0.1) is 22.7 Å². The normalized spacial score (nSPS) is 12.0.